The van der Waals surface area contributed by atoms with E-state index in [0.29, 0.717) is 49.9 Å². The summed E-state index contributed by atoms with van der Waals surface area (Å²) in [5, 5.41) is 10.9. The van der Waals surface area contributed by atoms with Crippen molar-refractivity contribution >= 4 is 11.7 Å². The molecule has 0 unspecified atom stereocenters. The molecule has 3 heterocycles. The lowest BCUT2D eigenvalue weighted by Gasteiger charge is -2.30. The third-order valence-electron chi connectivity index (χ3n) is 6.91. The van der Waals surface area contributed by atoms with Gasteiger partial charge in [0.15, 0.2) is 11.5 Å². The highest BCUT2D eigenvalue weighted by Gasteiger charge is 2.44. The molecule has 38 heavy (non-hydrogen) atoms. The van der Waals surface area contributed by atoms with E-state index in [-0.39, 0.29) is 11.3 Å². The molecule has 2 aliphatic rings. The zero-order valence-electron chi connectivity index (χ0n) is 21.5. The van der Waals surface area contributed by atoms with Gasteiger partial charge in [0, 0.05) is 26.2 Å². The van der Waals surface area contributed by atoms with Crippen LogP contribution < -0.4 is 4.74 Å². The molecule has 0 bridgehead atoms. The highest BCUT2D eigenvalue weighted by molar-refractivity contribution is 6.15. The number of morpholine rings is 1. The molecule has 1 saturated heterocycles. The molecule has 0 saturated carbocycles. The zero-order chi connectivity index (χ0) is 26.5. The summed E-state index contributed by atoms with van der Waals surface area (Å²) in [5.41, 5.74) is 1.74. The fraction of sp³-hybridized carbons (Fsp3) is 0.333. The Kier molecular flexibility index (Phi) is 7.91. The number of hydrogen-bond acceptors (Lipinski definition) is 7. The Morgan fingerprint density at radius 3 is 2.55 bits per heavy atom. The van der Waals surface area contributed by atoms with E-state index in [1.165, 1.54) is 0 Å². The summed E-state index contributed by atoms with van der Waals surface area (Å²) < 4.78 is 17.0. The Hall–Kier alpha value is -3.88. The molecule has 2 aliphatic heterocycles. The van der Waals surface area contributed by atoms with E-state index in [2.05, 4.69) is 4.90 Å². The van der Waals surface area contributed by atoms with Crippen molar-refractivity contribution in [2.75, 3.05) is 39.4 Å². The quantitative estimate of drug-likeness (QED) is 0.398. The molecule has 0 aliphatic carbocycles. The maximum atomic E-state index is 13.5. The van der Waals surface area contributed by atoms with E-state index in [1.54, 1.807) is 24.0 Å². The van der Waals surface area contributed by atoms with E-state index in [1.807, 2.05) is 54.6 Å². The van der Waals surface area contributed by atoms with Crippen LogP contribution in [-0.4, -0.2) is 66.0 Å². The Bertz CT molecular complexity index is 1310. The van der Waals surface area contributed by atoms with Crippen LogP contribution in [0.4, 0.5) is 0 Å². The van der Waals surface area contributed by atoms with Gasteiger partial charge in [0.05, 0.1) is 24.8 Å². The minimum absolute atomic E-state index is 0.0240. The van der Waals surface area contributed by atoms with Crippen molar-refractivity contribution in [1.82, 2.24) is 9.80 Å². The lowest BCUT2D eigenvalue weighted by molar-refractivity contribution is -0.129. The topological polar surface area (TPSA) is 92.5 Å². The Morgan fingerprint density at radius 2 is 1.82 bits per heavy atom. The van der Waals surface area contributed by atoms with Crippen molar-refractivity contribution < 1.29 is 28.6 Å². The van der Waals surface area contributed by atoms with E-state index < -0.39 is 23.5 Å². The first-order valence-corrected chi connectivity index (χ1v) is 12.9. The molecule has 1 fully saturated rings. The average molecular weight is 517 g/mol. The molecule has 5 rings (SSSR count). The number of rotatable bonds is 10. The lowest BCUT2D eigenvalue weighted by Crippen LogP contribution is -2.39. The monoisotopic (exact) mass is 516 g/mol. The number of carbonyl (C=O) groups is 2. The third kappa shape index (κ3) is 5.66. The second-order valence-electron chi connectivity index (χ2n) is 9.56. The van der Waals surface area contributed by atoms with E-state index in [0.717, 1.165) is 25.2 Å². The first-order valence-electron chi connectivity index (χ1n) is 12.9. The molecule has 8 heteroatoms. The molecule has 8 nitrogen and oxygen atoms in total. The minimum atomic E-state index is -0.759. The first-order chi connectivity index (χ1) is 18.5. The molecular weight excluding hydrogens is 484 g/mol. The Labute approximate surface area is 222 Å². The number of benzene rings is 2. The van der Waals surface area contributed by atoms with Crippen LogP contribution in [0.5, 0.6) is 5.75 Å². The summed E-state index contributed by atoms with van der Waals surface area (Å²) in [4.78, 5) is 30.7. The van der Waals surface area contributed by atoms with Gasteiger partial charge in [-0.3, -0.25) is 14.5 Å². The van der Waals surface area contributed by atoms with Crippen LogP contribution >= 0.6 is 0 Å². The van der Waals surface area contributed by atoms with Gasteiger partial charge < -0.3 is 23.9 Å². The number of aliphatic hydroxyl groups is 1. The molecule has 2 aromatic carbocycles. The largest absolute Gasteiger partial charge is 0.503 e. The van der Waals surface area contributed by atoms with Crippen LogP contribution in [0.3, 0.4) is 0 Å². The summed E-state index contributed by atoms with van der Waals surface area (Å²) in [6, 6.07) is 19.7. The van der Waals surface area contributed by atoms with Crippen LogP contribution in [0.2, 0.25) is 0 Å². The van der Waals surface area contributed by atoms with Gasteiger partial charge in [0.2, 0.25) is 5.78 Å². The lowest BCUT2D eigenvalue weighted by atomic mass is 9.95. The number of ketones is 1. The van der Waals surface area contributed by atoms with Crippen LogP contribution in [0, 0.1) is 6.92 Å². The summed E-state index contributed by atoms with van der Waals surface area (Å²) in [5.74, 6) is -0.309. The SMILES string of the molecule is Cc1ccc(C(=O)C2=C(O)C(=O)N(CCCN3CCOCC3)[C@H]2c2cccc(OCc3ccccc3)c2)o1. The van der Waals surface area contributed by atoms with Gasteiger partial charge in [0.1, 0.15) is 18.1 Å². The van der Waals surface area contributed by atoms with Gasteiger partial charge in [-0.15, -0.1) is 0 Å². The summed E-state index contributed by atoms with van der Waals surface area (Å²) in [6.45, 7) is 6.40. The van der Waals surface area contributed by atoms with Gasteiger partial charge in [-0.05, 0) is 48.7 Å². The van der Waals surface area contributed by atoms with Crippen LogP contribution in [0.25, 0.3) is 0 Å². The van der Waals surface area contributed by atoms with Gasteiger partial charge in [-0.25, -0.2) is 0 Å². The number of ether oxygens (including phenoxy) is 2. The highest BCUT2D eigenvalue weighted by Crippen LogP contribution is 2.40. The molecule has 0 radical (unpaired) electrons. The number of amides is 1. The predicted octanol–water partition coefficient (Wildman–Crippen LogP) is 4.47. The molecular formula is C30H32N2O6. The maximum absolute atomic E-state index is 13.5. The Balaban J connectivity index is 1.41. The summed E-state index contributed by atoms with van der Waals surface area (Å²) in [7, 11) is 0. The van der Waals surface area contributed by atoms with Gasteiger partial charge in [0.25, 0.3) is 5.91 Å². The van der Waals surface area contributed by atoms with Crippen molar-refractivity contribution in [1.29, 1.82) is 0 Å². The van der Waals surface area contributed by atoms with Crippen molar-refractivity contribution in [3.63, 3.8) is 0 Å². The number of aliphatic hydroxyl groups excluding tert-OH is 1. The van der Waals surface area contributed by atoms with Crippen LogP contribution in [0.15, 0.2) is 82.5 Å². The fourth-order valence-electron chi connectivity index (χ4n) is 4.96. The Morgan fingerprint density at radius 1 is 1.03 bits per heavy atom. The molecule has 1 N–H and O–H groups in total. The molecule has 0 spiro atoms. The summed E-state index contributed by atoms with van der Waals surface area (Å²) in [6.07, 6.45) is 0.695. The van der Waals surface area contributed by atoms with Gasteiger partial charge >= 0.3 is 0 Å². The van der Waals surface area contributed by atoms with Crippen molar-refractivity contribution in [2.24, 2.45) is 0 Å². The summed E-state index contributed by atoms with van der Waals surface area (Å²) >= 11 is 0. The molecule has 1 amide bonds. The molecule has 198 valence electrons. The van der Waals surface area contributed by atoms with Crippen LogP contribution in [-0.2, 0) is 16.1 Å². The number of nitrogens with zero attached hydrogens (tertiary/aromatic N) is 2. The standard InChI is InChI=1S/C30H32N2O6/c1-21-11-12-25(38-21)28(33)26-27(23-9-5-10-24(19-23)37-20-22-7-3-2-4-8-22)32(30(35)29(26)34)14-6-13-31-15-17-36-18-16-31/h2-5,7-12,19,27,34H,6,13-18,20H2,1H3/t27-/m0/s1. The number of carbonyl (C=O) groups excluding carboxylic acids is 2. The van der Waals surface area contributed by atoms with Gasteiger partial charge in [-0.1, -0.05) is 42.5 Å². The third-order valence-corrected chi connectivity index (χ3v) is 6.91. The molecule has 1 aromatic heterocycles. The number of aryl methyl sites for hydroxylation is 1. The maximum Gasteiger partial charge on any atom is 0.290 e. The minimum Gasteiger partial charge on any atom is -0.503 e. The van der Waals surface area contributed by atoms with E-state index in [9.17, 15) is 14.7 Å². The molecule has 3 aromatic rings. The van der Waals surface area contributed by atoms with Gasteiger partial charge in [-0.2, -0.15) is 0 Å². The highest BCUT2D eigenvalue weighted by atomic mass is 16.5. The number of Topliss-reactive ketones (excluding diaryl/α,β-unsaturated/α-hetero) is 1. The van der Waals surface area contributed by atoms with Crippen molar-refractivity contribution in [3.8, 4) is 5.75 Å². The van der Waals surface area contributed by atoms with E-state index >= 15 is 0 Å². The number of hydrogen-bond donors (Lipinski definition) is 1. The smallest absolute Gasteiger partial charge is 0.290 e. The predicted molar refractivity (Wildman–Crippen MR) is 141 cm³/mol. The average Bonchev–Trinajstić information content (AvgIpc) is 3.49. The zero-order valence-corrected chi connectivity index (χ0v) is 21.5. The fourth-order valence-corrected chi connectivity index (χ4v) is 4.96. The normalized spacial score (nSPS) is 18.3. The van der Waals surface area contributed by atoms with Crippen molar-refractivity contribution in [3.05, 3.63) is 101 Å². The number of furan rings is 1. The van der Waals surface area contributed by atoms with Crippen LogP contribution in [0.1, 0.15) is 39.9 Å². The van der Waals surface area contributed by atoms with E-state index in [4.69, 9.17) is 13.9 Å². The van der Waals surface area contributed by atoms with Crippen molar-refractivity contribution in [2.45, 2.75) is 26.0 Å². The first kappa shape index (κ1) is 25.8. The second-order valence-corrected chi connectivity index (χ2v) is 9.56. The molecule has 1 atom stereocenters. The second kappa shape index (κ2) is 11.7.